The van der Waals surface area contributed by atoms with Gasteiger partial charge in [0.15, 0.2) is 0 Å². The van der Waals surface area contributed by atoms with Crippen molar-refractivity contribution in [1.29, 1.82) is 0 Å². The van der Waals surface area contributed by atoms with Gasteiger partial charge in [0.05, 0.1) is 22.1 Å². The van der Waals surface area contributed by atoms with Crippen LogP contribution < -0.4 is 0 Å². The van der Waals surface area contributed by atoms with E-state index in [1.807, 2.05) is 0 Å². The molecular formula is C46H34N2. The van der Waals surface area contributed by atoms with Gasteiger partial charge in [0.1, 0.15) is 0 Å². The number of benzene rings is 7. The second-order valence-corrected chi connectivity index (χ2v) is 13.9. The molecule has 9 aromatic rings. The van der Waals surface area contributed by atoms with E-state index >= 15 is 0 Å². The van der Waals surface area contributed by atoms with Crippen LogP contribution in [0, 0.1) is 6.92 Å². The van der Waals surface area contributed by atoms with Crippen LogP contribution in [0.25, 0.3) is 77.2 Å². The third-order valence-corrected chi connectivity index (χ3v) is 10.7. The molecule has 0 bridgehead atoms. The lowest BCUT2D eigenvalue weighted by atomic mass is 9.81. The first-order valence-electron chi connectivity index (χ1n) is 16.9. The Labute approximate surface area is 280 Å². The van der Waals surface area contributed by atoms with E-state index in [0.29, 0.717) is 0 Å². The number of nitrogens with zero attached hydrogens (tertiary/aromatic N) is 2. The lowest BCUT2D eigenvalue weighted by molar-refractivity contribution is 0.664. The van der Waals surface area contributed by atoms with Crippen LogP contribution in [-0.4, -0.2) is 9.13 Å². The Balaban J connectivity index is 1.23. The van der Waals surface area contributed by atoms with Crippen molar-refractivity contribution in [2.24, 2.45) is 0 Å². The highest BCUT2D eigenvalue weighted by molar-refractivity contribution is 6.15. The van der Waals surface area contributed by atoms with Crippen LogP contribution in [0.2, 0.25) is 0 Å². The molecule has 2 heterocycles. The summed E-state index contributed by atoms with van der Waals surface area (Å²) in [6.45, 7) is 6.93. The van der Waals surface area contributed by atoms with Crippen LogP contribution in [0.15, 0.2) is 152 Å². The van der Waals surface area contributed by atoms with Crippen molar-refractivity contribution in [1.82, 2.24) is 9.13 Å². The minimum Gasteiger partial charge on any atom is -0.309 e. The second-order valence-electron chi connectivity index (χ2n) is 13.9. The third-order valence-electron chi connectivity index (χ3n) is 10.7. The van der Waals surface area contributed by atoms with Crippen molar-refractivity contribution in [3.05, 3.63) is 168 Å². The molecule has 10 rings (SSSR count). The van der Waals surface area contributed by atoms with Crippen LogP contribution in [-0.2, 0) is 5.41 Å². The maximum atomic E-state index is 2.50. The van der Waals surface area contributed by atoms with E-state index in [1.54, 1.807) is 0 Å². The summed E-state index contributed by atoms with van der Waals surface area (Å²) in [6, 6.07) is 56.1. The van der Waals surface area contributed by atoms with Crippen molar-refractivity contribution in [3.8, 4) is 33.6 Å². The van der Waals surface area contributed by atoms with Gasteiger partial charge >= 0.3 is 0 Å². The minimum absolute atomic E-state index is 0.119. The van der Waals surface area contributed by atoms with Crippen molar-refractivity contribution < 1.29 is 0 Å². The molecule has 0 saturated heterocycles. The maximum absolute atomic E-state index is 2.50. The Bertz CT molecular complexity index is 2750. The molecule has 2 nitrogen and oxygen atoms in total. The van der Waals surface area contributed by atoms with Crippen LogP contribution in [0.1, 0.15) is 30.5 Å². The largest absolute Gasteiger partial charge is 0.309 e. The maximum Gasteiger partial charge on any atom is 0.0588 e. The molecule has 0 spiro atoms. The first-order valence-corrected chi connectivity index (χ1v) is 16.9. The summed E-state index contributed by atoms with van der Waals surface area (Å²) >= 11 is 0. The highest BCUT2D eigenvalue weighted by Crippen LogP contribution is 2.53. The molecule has 1 aliphatic carbocycles. The highest BCUT2D eigenvalue weighted by atomic mass is 15.0. The number of aryl methyl sites for hydroxylation is 1. The molecule has 228 valence electrons. The van der Waals surface area contributed by atoms with Gasteiger partial charge in [-0.25, -0.2) is 0 Å². The molecular weight excluding hydrogens is 581 g/mol. The smallest absolute Gasteiger partial charge is 0.0588 e. The summed E-state index contributed by atoms with van der Waals surface area (Å²) < 4.78 is 4.90. The van der Waals surface area contributed by atoms with E-state index in [-0.39, 0.29) is 5.41 Å². The first-order chi connectivity index (χ1) is 23.5. The van der Waals surface area contributed by atoms with Gasteiger partial charge in [0.25, 0.3) is 0 Å². The van der Waals surface area contributed by atoms with Gasteiger partial charge in [-0.05, 0) is 100 Å². The van der Waals surface area contributed by atoms with E-state index in [0.717, 1.165) is 0 Å². The third kappa shape index (κ3) is 3.69. The lowest BCUT2D eigenvalue weighted by Crippen LogP contribution is -2.16. The van der Waals surface area contributed by atoms with Crippen molar-refractivity contribution in [2.75, 3.05) is 0 Å². The quantitative estimate of drug-likeness (QED) is 0.187. The average Bonchev–Trinajstić information content (AvgIpc) is 3.71. The molecule has 2 aromatic heterocycles. The predicted molar refractivity (Wildman–Crippen MR) is 203 cm³/mol. The molecule has 2 heteroatoms. The topological polar surface area (TPSA) is 9.86 Å². The summed E-state index contributed by atoms with van der Waals surface area (Å²) in [4.78, 5) is 0. The fourth-order valence-corrected chi connectivity index (χ4v) is 8.59. The summed E-state index contributed by atoms with van der Waals surface area (Å²) in [5.74, 6) is 0. The standard InChI is InChI=1S/C46H34N2/c1-29-12-11-15-33(26-29)47-41-19-10-8-17-35(41)38-27-30(20-24-42(38)47)31-21-25-43-39(28-31)37-23-22-36-34-16-7-9-18-40(34)46(2,3)44(36)45(37)48(43)32-13-5-4-6-14-32/h4-28H,1-3H3. The molecule has 7 aromatic carbocycles. The minimum atomic E-state index is -0.119. The summed E-state index contributed by atoms with van der Waals surface area (Å²) in [7, 11) is 0. The Morgan fingerprint density at radius 2 is 1.08 bits per heavy atom. The average molecular weight is 615 g/mol. The predicted octanol–water partition coefficient (Wildman–Crippen LogP) is 12.2. The van der Waals surface area contributed by atoms with Gasteiger partial charge in [-0.2, -0.15) is 0 Å². The van der Waals surface area contributed by atoms with Crippen LogP contribution in [0.4, 0.5) is 0 Å². The van der Waals surface area contributed by atoms with Gasteiger partial charge < -0.3 is 9.13 Å². The fraction of sp³-hybridized carbons (Fsp3) is 0.0870. The van der Waals surface area contributed by atoms with E-state index in [1.165, 1.54) is 93.9 Å². The zero-order chi connectivity index (χ0) is 32.1. The zero-order valence-corrected chi connectivity index (χ0v) is 27.3. The van der Waals surface area contributed by atoms with Gasteiger partial charge in [0, 0.05) is 38.3 Å². The molecule has 1 aliphatic rings. The summed E-state index contributed by atoms with van der Waals surface area (Å²) in [5, 5.41) is 5.12. The van der Waals surface area contributed by atoms with Crippen molar-refractivity contribution >= 4 is 43.6 Å². The Morgan fingerprint density at radius 1 is 0.438 bits per heavy atom. The molecule has 0 aliphatic heterocycles. The van der Waals surface area contributed by atoms with Crippen LogP contribution >= 0.6 is 0 Å². The molecule has 0 fully saturated rings. The monoisotopic (exact) mass is 614 g/mol. The fourth-order valence-electron chi connectivity index (χ4n) is 8.59. The van der Waals surface area contributed by atoms with Crippen LogP contribution in [0.5, 0.6) is 0 Å². The Hall–Kier alpha value is -5.86. The van der Waals surface area contributed by atoms with Gasteiger partial charge in [0.2, 0.25) is 0 Å². The second kappa shape index (κ2) is 9.82. The summed E-state index contributed by atoms with van der Waals surface area (Å²) in [5.41, 5.74) is 16.5. The number of fused-ring (bicyclic) bond motifs is 10. The number of aromatic nitrogens is 2. The van der Waals surface area contributed by atoms with Crippen molar-refractivity contribution in [3.63, 3.8) is 0 Å². The molecule has 0 amide bonds. The van der Waals surface area contributed by atoms with Gasteiger partial charge in [-0.1, -0.05) is 111 Å². The summed E-state index contributed by atoms with van der Waals surface area (Å²) in [6.07, 6.45) is 0. The van der Waals surface area contributed by atoms with E-state index in [9.17, 15) is 0 Å². The van der Waals surface area contributed by atoms with Gasteiger partial charge in [-0.3, -0.25) is 0 Å². The van der Waals surface area contributed by atoms with Crippen LogP contribution in [0.3, 0.4) is 0 Å². The highest BCUT2D eigenvalue weighted by Gasteiger charge is 2.38. The molecule has 0 atom stereocenters. The Morgan fingerprint density at radius 3 is 1.88 bits per heavy atom. The van der Waals surface area contributed by atoms with E-state index in [2.05, 4.69) is 182 Å². The normalized spacial score (nSPS) is 13.5. The first kappa shape index (κ1) is 27.3. The Kier molecular flexibility index (Phi) is 5.58. The van der Waals surface area contributed by atoms with E-state index in [4.69, 9.17) is 0 Å². The van der Waals surface area contributed by atoms with Gasteiger partial charge in [-0.15, -0.1) is 0 Å². The SMILES string of the molecule is Cc1cccc(-n2c3ccccc3c3cc(-c4ccc5c(c4)c4ccc6c(c4n5-c4ccccc4)C(C)(C)c4ccccc4-6)ccc32)c1. The van der Waals surface area contributed by atoms with Crippen molar-refractivity contribution in [2.45, 2.75) is 26.2 Å². The number of para-hydroxylation sites is 2. The molecule has 0 radical (unpaired) electrons. The zero-order valence-electron chi connectivity index (χ0n) is 27.3. The lowest BCUT2D eigenvalue weighted by Gasteiger charge is -2.23. The number of rotatable bonds is 3. The number of hydrogen-bond acceptors (Lipinski definition) is 0. The molecule has 48 heavy (non-hydrogen) atoms. The molecule has 0 saturated carbocycles. The van der Waals surface area contributed by atoms with E-state index < -0.39 is 0 Å². The molecule has 0 N–H and O–H groups in total. The number of hydrogen-bond donors (Lipinski definition) is 0. The molecule has 0 unspecified atom stereocenters.